The van der Waals surface area contributed by atoms with Crippen LogP contribution in [0.3, 0.4) is 0 Å². The second-order valence-corrected chi connectivity index (χ2v) is 16.0. The lowest BCUT2D eigenvalue weighted by molar-refractivity contribution is -0.0505. The quantitative estimate of drug-likeness (QED) is 0.0379. The molecule has 6 rings (SSSR count). The molecule has 0 amide bonds. The first-order valence-electron chi connectivity index (χ1n) is 23.9. The average Bonchev–Trinajstić information content (AvgIpc) is 3.35. The Labute approximate surface area is 404 Å². The molecule has 6 aromatic rings. The highest BCUT2D eigenvalue weighted by Crippen LogP contribution is 2.28. The number of ether oxygens (including phenoxy) is 6. The van der Waals surface area contributed by atoms with Gasteiger partial charge in [0.15, 0.2) is 0 Å². The third-order valence-electron chi connectivity index (χ3n) is 10.6. The molecule has 69 heavy (non-hydrogen) atoms. The number of hydrogen-bond acceptors (Lipinski definition) is 6. The smallest absolute Gasteiger partial charge is 0.387 e. The van der Waals surface area contributed by atoms with Gasteiger partial charge in [-0.2, -0.15) is 26.3 Å². The van der Waals surface area contributed by atoms with Crippen LogP contribution in [0.2, 0.25) is 0 Å². The molecule has 0 spiro atoms. The largest absolute Gasteiger partial charge is 0.494 e. The van der Waals surface area contributed by atoms with Crippen molar-refractivity contribution in [3.05, 3.63) is 146 Å². The minimum atomic E-state index is -2.80. The van der Waals surface area contributed by atoms with Crippen molar-refractivity contribution in [3.63, 3.8) is 0 Å². The van der Waals surface area contributed by atoms with E-state index in [0.29, 0.717) is 0 Å². The molecule has 0 N–H and O–H groups in total. The van der Waals surface area contributed by atoms with Crippen molar-refractivity contribution in [3.8, 4) is 67.9 Å². The highest BCUT2D eigenvalue weighted by molar-refractivity contribution is 5.66. The summed E-state index contributed by atoms with van der Waals surface area (Å²) in [6.07, 6.45) is 14.2. The molecular formula is C57H66F6O6. The van der Waals surface area contributed by atoms with Gasteiger partial charge in [-0.15, -0.1) is 0 Å². The molecule has 6 nitrogen and oxygen atoms in total. The summed E-state index contributed by atoms with van der Waals surface area (Å²) in [5.41, 5.74) is 5.85. The van der Waals surface area contributed by atoms with Gasteiger partial charge < -0.3 is 28.4 Å². The van der Waals surface area contributed by atoms with Gasteiger partial charge in [-0.1, -0.05) is 151 Å². The maximum atomic E-state index is 12.1. The lowest BCUT2D eigenvalue weighted by Gasteiger charge is -2.08. The number of unbranched alkanes of at least 4 members (excludes halogenated alkanes) is 9. The molecular weight excluding hydrogens is 895 g/mol. The fourth-order valence-electron chi connectivity index (χ4n) is 6.87. The number of hydrogen-bond donors (Lipinski definition) is 0. The molecule has 0 aliphatic heterocycles. The molecule has 0 saturated heterocycles. The molecule has 0 bridgehead atoms. The lowest BCUT2D eigenvalue weighted by atomic mass is 10.1. The van der Waals surface area contributed by atoms with Crippen LogP contribution in [-0.4, -0.2) is 39.7 Å². The SMILES string of the molecule is CCCCCCCOc1ccc(-c2ccc(OC(F)F)cc2)cc1.CCCCCCOc1ccc(-c2ccc(OC(F)F)cc2)cc1.CCCCCOc1ccc(-c2ccc(OC(F)F)cc2)cc1. The summed E-state index contributed by atoms with van der Waals surface area (Å²) in [5, 5.41) is 0. The third kappa shape index (κ3) is 22.6. The van der Waals surface area contributed by atoms with Crippen molar-refractivity contribution in [1.82, 2.24) is 0 Å². The van der Waals surface area contributed by atoms with E-state index in [0.717, 1.165) is 89.7 Å². The van der Waals surface area contributed by atoms with Crippen molar-refractivity contribution < 1.29 is 54.8 Å². The summed E-state index contributed by atoms with van der Waals surface area (Å²) < 4.78 is 103. The molecule has 372 valence electrons. The van der Waals surface area contributed by atoms with Crippen LogP contribution in [0.25, 0.3) is 33.4 Å². The fraction of sp³-hybridized carbons (Fsp3) is 0.368. The molecule has 0 heterocycles. The third-order valence-corrected chi connectivity index (χ3v) is 10.6. The van der Waals surface area contributed by atoms with E-state index in [2.05, 4.69) is 35.0 Å². The first-order valence-corrected chi connectivity index (χ1v) is 23.9. The van der Waals surface area contributed by atoms with Crippen molar-refractivity contribution in [2.24, 2.45) is 0 Å². The molecule has 6 aromatic carbocycles. The number of rotatable bonds is 27. The number of benzene rings is 6. The summed E-state index contributed by atoms with van der Waals surface area (Å²) >= 11 is 0. The van der Waals surface area contributed by atoms with E-state index in [1.54, 1.807) is 60.7 Å². The first kappa shape index (κ1) is 55.3. The average molecular weight is 961 g/mol. The van der Waals surface area contributed by atoms with Gasteiger partial charge in [0.1, 0.15) is 34.5 Å². The second-order valence-electron chi connectivity index (χ2n) is 16.0. The zero-order chi connectivity index (χ0) is 49.5. The zero-order valence-electron chi connectivity index (χ0n) is 39.9. The van der Waals surface area contributed by atoms with Crippen LogP contribution in [0, 0.1) is 0 Å². The van der Waals surface area contributed by atoms with Gasteiger partial charge in [0.2, 0.25) is 0 Å². The Morgan fingerprint density at radius 2 is 0.449 bits per heavy atom. The van der Waals surface area contributed by atoms with E-state index >= 15 is 0 Å². The summed E-state index contributed by atoms with van der Waals surface area (Å²) in [5.74, 6) is 3.04. The summed E-state index contributed by atoms with van der Waals surface area (Å²) in [6.45, 7) is 0.364. The van der Waals surface area contributed by atoms with Gasteiger partial charge in [0.05, 0.1) is 19.8 Å². The van der Waals surface area contributed by atoms with Crippen LogP contribution < -0.4 is 28.4 Å². The molecule has 0 aliphatic carbocycles. The van der Waals surface area contributed by atoms with E-state index in [-0.39, 0.29) is 17.2 Å². The van der Waals surface area contributed by atoms with Crippen LogP contribution in [0.15, 0.2) is 146 Å². The lowest BCUT2D eigenvalue weighted by Crippen LogP contribution is -2.01. The Kier molecular flexibility index (Phi) is 26.0. The maximum Gasteiger partial charge on any atom is 0.387 e. The molecule has 0 saturated carbocycles. The molecule has 0 aliphatic rings. The normalized spacial score (nSPS) is 10.8. The standard InChI is InChI=1S/C20H24F2O2.C19H22F2O2.C18H20F2O2/c1-2-3-4-5-6-15-23-18-11-7-16(8-12-18)17-9-13-19(14-10-17)24-20(21)22;1-2-3-4-5-14-22-17-10-6-15(7-11-17)16-8-12-18(13-9-16)23-19(20)21;1-2-3-4-13-21-16-9-5-14(6-10-16)15-7-11-17(12-8-15)22-18(19)20/h7-14,20H,2-6,15H2,1H3;6-13,19H,2-5,14H2,1H3;5-12,18H,2-4,13H2,1H3. The van der Waals surface area contributed by atoms with Gasteiger partial charge in [0, 0.05) is 0 Å². The molecule has 0 atom stereocenters. The van der Waals surface area contributed by atoms with Crippen LogP contribution in [0.4, 0.5) is 26.3 Å². The zero-order valence-corrected chi connectivity index (χ0v) is 39.9. The highest BCUT2D eigenvalue weighted by atomic mass is 19.3. The van der Waals surface area contributed by atoms with Crippen molar-refractivity contribution in [2.75, 3.05) is 19.8 Å². The molecule has 0 radical (unpaired) electrons. The van der Waals surface area contributed by atoms with Gasteiger partial charge in [-0.05, 0) is 125 Å². The maximum absolute atomic E-state index is 12.1. The Morgan fingerprint density at radius 3 is 0.681 bits per heavy atom. The van der Waals surface area contributed by atoms with Gasteiger partial charge in [-0.3, -0.25) is 0 Å². The summed E-state index contributed by atoms with van der Waals surface area (Å²) in [6, 6.07) is 43.2. The van der Waals surface area contributed by atoms with E-state index < -0.39 is 19.8 Å². The molecule has 12 heteroatoms. The van der Waals surface area contributed by atoms with Crippen molar-refractivity contribution >= 4 is 0 Å². The highest BCUT2D eigenvalue weighted by Gasteiger charge is 2.08. The summed E-state index contributed by atoms with van der Waals surface area (Å²) in [7, 11) is 0. The minimum Gasteiger partial charge on any atom is -0.494 e. The van der Waals surface area contributed by atoms with E-state index in [1.807, 2.05) is 72.8 Å². The Morgan fingerprint density at radius 1 is 0.261 bits per heavy atom. The molecule has 0 fully saturated rings. The second kappa shape index (κ2) is 32.4. The number of alkyl halides is 6. The van der Waals surface area contributed by atoms with Gasteiger partial charge in [-0.25, -0.2) is 0 Å². The van der Waals surface area contributed by atoms with Crippen LogP contribution in [0.1, 0.15) is 97.8 Å². The Balaban J connectivity index is 0.000000226. The van der Waals surface area contributed by atoms with Crippen molar-refractivity contribution in [2.45, 2.75) is 118 Å². The first-order chi connectivity index (χ1) is 33.6. The summed E-state index contributed by atoms with van der Waals surface area (Å²) in [4.78, 5) is 0. The Hall–Kier alpha value is -6.30. The van der Waals surface area contributed by atoms with Crippen LogP contribution in [-0.2, 0) is 0 Å². The van der Waals surface area contributed by atoms with E-state index in [1.165, 1.54) is 69.9 Å². The number of halogens is 6. The predicted octanol–water partition coefficient (Wildman–Crippen LogP) is 17.7. The van der Waals surface area contributed by atoms with Gasteiger partial charge >= 0.3 is 19.8 Å². The van der Waals surface area contributed by atoms with Gasteiger partial charge in [0.25, 0.3) is 0 Å². The molecule has 0 aromatic heterocycles. The monoisotopic (exact) mass is 960 g/mol. The predicted molar refractivity (Wildman–Crippen MR) is 264 cm³/mol. The topological polar surface area (TPSA) is 55.4 Å². The fourth-order valence-corrected chi connectivity index (χ4v) is 6.87. The molecule has 0 unspecified atom stereocenters. The minimum absolute atomic E-state index is 0.162. The van der Waals surface area contributed by atoms with Crippen LogP contribution in [0.5, 0.6) is 34.5 Å². The van der Waals surface area contributed by atoms with E-state index in [4.69, 9.17) is 14.2 Å². The van der Waals surface area contributed by atoms with Crippen molar-refractivity contribution in [1.29, 1.82) is 0 Å². The Bertz CT molecular complexity index is 2200. The van der Waals surface area contributed by atoms with E-state index in [9.17, 15) is 26.3 Å². The van der Waals surface area contributed by atoms with Crippen LogP contribution >= 0.6 is 0 Å².